The van der Waals surface area contributed by atoms with Crippen LogP contribution in [-0.2, 0) is 11.0 Å². The molecule has 0 aliphatic heterocycles. The van der Waals surface area contributed by atoms with Gasteiger partial charge < -0.3 is 10.2 Å². The van der Waals surface area contributed by atoms with Crippen LogP contribution in [0, 0.1) is 0 Å². The van der Waals surface area contributed by atoms with Crippen molar-refractivity contribution in [3.8, 4) is 0 Å². The molecule has 1 aromatic carbocycles. The minimum Gasteiger partial charge on any atom is -0.342 e. The van der Waals surface area contributed by atoms with E-state index in [1.54, 1.807) is 18.2 Å². The molecule has 0 unspecified atom stereocenters. The molecule has 0 saturated carbocycles. The van der Waals surface area contributed by atoms with Crippen molar-refractivity contribution in [2.24, 2.45) is 0 Å². The summed E-state index contributed by atoms with van der Waals surface area (Å²) in [6, 6.07) is 4.74. The van der Waals surface area contributed by atoms with Gasteiger partial charge in [0.05, 0.1) is 22.3 Å². The Morgan fingerprint density at radius 3 is 2.48 bits per heavy atom. The predicted molar refractivity (Wildman–Crippen MR) is 85.5 cm³/mol. The van der Waals surface area contributed by atoms with Crippen LogP contribution in [0.5, 0.6) is 0 Å². The molecule has 1 heterocycles. The van der Waals surface area contributed by atoms with Crippen LogP contribution in [0.25, 0.3) is 0 Å². The molecule has 23 heavy (non-hydrogen) atoms. The van der Waals surface area contributed by atoms with Gasteiger partial charge in [0, 0.05) is 12.4 Å². The van der Waals surface area contributed by atoms with Crippen molar-refractivity contribution < 1.29 is 18.0 Å². The van der Waals surface area contributed by atoms with Crippen LogP contribution < -0.4 is 10.2 Å². The Balaban J connectivity index is 2.04. The van der Waals surface area contributed by atoms with Crippen molar-refractivity contribution in [1.29, 1.82) is 0 Å². The van der Waals surface area contributed by atoms with Crippen molar-refractivity contribution in [3.05, 3.63) is 39.3 Å². The van der Waals surface area contributed by atoms with E-state index in [1.807, 2.05) is 0 Å². The number of para-hydroxylation sites is 1. The summed E-state index contributed by atoms with van der Waals surface area (Å²) < 4.78 is 37.6. The number of hydrogen-bond acceptors (Lipinski definition) is 4. The van der Waals surface area contributed by atoms with E-state index >= 15 is 0 Å². The molecule has 2 aromatic rings. The lowest BCUT2D eigenvalue weighted by Crippen LogP contribution is -2.30. The van der Waals surface area contributed by atoms with Gasteiger partial charge in [-0.1, -0.05) is 29.3 Å². The first kappa shape index (κ1) is 17.8. The maximum absolute atomic E-state index is 12.5. The van der Waals surface area contributed by atoms with E-state index in [2.05, 4.69) is 10.3 Å². The molecule has 1 amide bonds. The zero-order chi connectivity index (χ0) is 17.2. The molecule has 0 aliphatic carbocycles. The maximum Gasteiger partial charge on any atom is 0.434 e. The average molecular weight is 384 g/mol. The Hall–Kier alpha value is -1.51. The third-order valence-electron chi connectivity index (χ3n) is 2.72. The molecule has 0 radical (unpaired) electrons. The summed E-state index contributed by atoms with van der Waals surface area (Å²) in [7, 11) is 1.47. The number of carbonyl (C=O) groups is 1. The normalized spacial score (nSPS) is 11.4. The smallest absolute Gasteiger partial charge is 0.342 e. The number of anilines is 2. The predicted octanol–water partition coefficient (Wildman–Crippen LogP) is 4.54. The third kappa shape index (κ3) is 4.49. The topological polar surface area (TPSA) is 45.2 Å². The maximum atomic E-state index is 12.5. The number of carbonyl (C=O) groups excluding carboxylic acids is 1. The molecule has 0 spiro atoms. The Morgan fingerprint density at radius 2 is 1.96 bits per heavy atom. The molecule has 1 aromatic heterocycles. The Morgan fingerprint density at radius 1 is 1.35 bits per heavy atom. The summed E-state index contributed by atoms with van der Waals surface area (Å²) in [6.45, 7) is -0.202. The van der Waals surface area contributed by atoms with E-state index in [9.17, 15) is 18.0 Å². The standard InChI is InChI=1S/C13H10Cl2F3N3OS/c1-21(12-19-9(6-23-12)13(16,17)18)5-10(22)20-11-7(14)3-2-4-8(11)15/h2-4,6H,5H2,1H3,(H,20,22). The molecule has 0 atom stereocenters. The molecule has 1 N–H and O–H groups in total. The quantitative estimate of drug-likeness (QED) is 0.842. The van der Waals surface area contributed by atoms with Gasteiger partial charge in [0.25, 0.3) is 0 Å². The molecular formula is C13H10Cl2F3N3OS. The van der Waals surface area contributed by atoms with Crippen LogP contribution in [0.1, 0.15) is 5.69 Å². The number of hydrogen-bond donors (Lipinski definition) is 1. The van der Waals surface area contributed by atoms with E-state index in [4.69, 9.17) is 23.2 Å². The number of amides is 1. The summed E-state index contributed by atoms with van der Waals surface area (Å²) >= 11 is 12.7. The fraction of sp³-hybridized carbons (Fsp3) is 0.231. The molecule has 0 aliphatic rings. The second-order valence-electron chi connectivity index (χ2n) is 4.51. The molecule has 4 nitrogen and oxygen atoms in total. The minimum atomic E-state index is -4.51. The summed E-state index contributed by atoms with van der Waals surface area (Å²) in [5, 5.41) is 4.04. The van der Waals surface area contributed by atoms with Crippen LogP contribution in [0.2, 0.25) is 10.0 Å². The highest BCUT2D eigenvalue weighted by molar-refractivity contribution is 7.13. The number of benzene rings is 1. The lowest BCUT2D eigenvalue weighted by atomic mass is 10.3. The second kappa shape index (κ2) is 6.94. The summed E-state index contributed by atoms with van der Waals surface area (Å²) in [5.41, 5.74) is -0.733. The number of alkyl halides is 3. The van der Waals surface area contributed by atoms with Gasteiger partial charge in [0.1, 0.15) is 0 Å². The molecule has 10 heteroatoms. The van der Waals surface area contributed by atoms with Gasteiger partial charge in [-0.15, -0.1) is 11.3 Å². The highest BCUT2D eigenvalue weighted by Gasteiger charge is 2.34. The fourth-order valence-electron chi connectivity index (χ4n) is 1.65. The fourth-order valence-corrected chi connectivity index (χ4v) is 2.94. The first-order valence-corrected chi connectivity index (χ1v) is 7.79. The Kier molecular flexibility index (Phi) is 5.38. The highest BCUT2D eigenvalue weighted by Crippen LogP contribution is 2.33. The number of likely N-dealkylation sites (N-methyl/N-ethyl adjacent to an activating group) is 1. The number of rotatable bonds is 4. The number of aromatic nitrogens is 1. The van der Waals surface area contributed by atoms with E-state index in [0.717, 1.165) is 16.7 Å². The largest absolute Gasteiger partial charge is 0.434 e. The van der Waals surface area contributed by atoms with Crippen LogP contribution in [0.3, 0.4) is 0 Å². The van der Waals surface area contributed by atoms with Gasteiger partial charge in [-0.25, -0.2) is 4.98 Å². The molecule has 2 rings (SSSR count). The molecule has 0 saturated heterocycles. The Labute approximate surface area is 143 Å². The SMILES string of the molecule is CN(CC(=O)Nc1c(Cl)cccc1Cl)c1nc(C(F)(F)F)cs1. The van der Waals surface area contributed by atoms with Crippen LogP contribution in [0.15, 0.2) is 23.6 Å². The lowest BCUT2D eigenvalue weighted by Gasteiger charge is -2.16. The van der Waals surface area contributed by atoms with Crippen molar-refractivity contribution in [2.45, 2.75) is 6.18 Å². The van der Waals surface area contributed by atoms with Gasteiger partial charge in [0.15, 0.2) is 10.8 Å². The van der Waals surface area contributed by atoms with Crippen molar-refractivity contribution in [1.82, 2.24) is 4.98 Å². The van der Waals surface area contributed by atoms with E-state index in [0.29, 0.717) is 0 Å². The van der Waals surface area contributed by atoms with Crippen LogP contribution in [-0.4, -0.2) is 24.5 Å². The monoisotopic (exact) mass is 383 g/mol. The molecule has 124 valence electrons. The number of nitrogens with zero attached hydrogens (tertiary/aromatic N) is 2. The first-order valence-electron chi connectivity index (χ1n) is 6.16. The number of halogens is 5. The molecular weight excluding hydrogens is 374 g/mol. The van der Waals surface area contributed by atoms with Gasteiger partial charge in [-0.3, -0.25) is 4.79 Å². The first-order chi connectivity index (χ1) is 10.7. The minimum absolute atomic E-state index is 0.0812. The zero-order valence-electron chi connectivity index (χ0n) is 11.6. The Bertz CT molecular complexity index is 700. The zero-order valence-corrected chi connectivity index (χ0v) is 13.9. The van der Waals surface area contributed by atoms with E-state index in [1.165, 1.54) is 11.9 Å². The van der Waals surface area contributed by atoms with E-state index < -0.39 is 17.8 Å². The second-order valence-corrected chi connectivity index (χ2v) is 6.16. The molecule has 0 fully saturated rings. The van der Waals surface area contributed by atoms with Gasteiger partial charge >= 0.3 is 6.18 Å². The van der Waals surface area contributed by atoms with Crippen molar-refractivity contribution in [3.63, 3.8) is 0 Å². The summed E-state index contributed by atoms with van der Waals surface area (Å²) in [6.07, 6.45) is -4.51. The number of thiazole rings is 1. The highest BCUT2D eigenvalue weighted by atomic mass is 35.5. The van der Waals surface area contributed by atoms with Crippen LogP contribution in [0.4, 0.5) is 24.0 Å². The van der Waals surface area contributed by atoms with Crippen LogP contribution >= 0.6 is 34.5 Å². The van der Waals surface area contributed by atoms with Gasteiger partial charge in [-0.2, -0.15) is 13.2 Å². The van der Waals surface area contributed by atoms with Crippen molar-refractivity contribution >= 4 is 51.3 Å². The van der Waals surface area contributed by atoms with Gasteiger partial charge in [0.2, 0.25) is 5.91 Å². The summed E-state index contributed by atoms with van der Waals surface area (Å²) in [4.78, 5) is 16.8. The average Bonchev–Trinajstić information content (AvgIpc) is 2.93. The van der Waals surface area contributed by atoms with Crippen molar-refractivity contribution in [2.75, 3.05) is 23.8 Å². The molecule has 0 bridgehead atoms. The summed E-state index contributed by atoms with van der Waals surface area (Å²) in [5.74, 6) is -0.480. The lowest BCUT2D eigenvalue weighted by molar-refractivity contribution is -0.140. The van der Waals surface area contributed by atoms with Gasteiger partial charge in [-0.05, 0) is 12.1 Å². The number of nitrogens with one attached hydrogen (secondary N) is 1. The third-order valence-corrected chi connectivity index (χ3v) is 4.30. The van der Waals surface area contributed by atoms with E-state index in [-0.39, 0.29) is 27.4 Å².